The first kappa shape index (κ1) is 18.0. The summed E-state index contributed by atoms with van der Waals surface area (Å²) < 4.78 is 0. The molecule has 0 unspecified atom stereocenters. The lowest BCUT2D eigenvalue weighted by Crippen LogP contribution is -2.10. The quantitative estimate of drug-likeness (QED) is 0.675. The predicted molar refractivity (Wildman–Crippen MR) is 96.7 cm³/mol. The van der Waals surface area contributed by atoms with Crippen LogP contribution in [0.1, 0.15) is 64.2 Å². The van der Waals surface area contributed by atoms with Gasteiger partial charge in [0.15, 0.2) is 0 Å². The number of hydrogen-bond donors (Lipinski definition) is 1. The molecule has 2 aliphatic carbocycles. The van der Waals surface area contributed by atoms with Gasteiger partial charge in [-0.1, -0.05) is 50.1 Å². The minimum atomic E-state index is 0.245. The highest BCUT2D eigenvalue weighted by molar-refractivity contribution is 6.30. The second-order valence-electron chi connectivity index (χ2n) is 6.42. The van der Waals surface area contributed by atoms with E-state index >= 15 is 0 Å². The number of nitrogens with zero attached hydrogens (tertiary/aromatic N) is 2. The normalized spacial score (nSPS) is 19.2. The van der Waals surface area contributed by atoms with Crippen molar-refractivity contribution in [3.63, 3.8) is 0 Å². The van der Waals surface area contributed by atoms with Gasteiger partial charge in [-0.15, -0.1) is 0 Å². The highest BCUT2D eigenvalue weighted by Gasteiger charge is 2.12. The van der Waals surface area contributed by atoms with Gasteiger partial charge in [-0.3, -0.25) is 0 Å². The van der Waals surface area contributed by atoms with Gasteiger partial charge >= 0.3 is 0 Å². The molecule has 0 aliphatic heterocycles. The van der Waals surface area contributed by atoms with Crippen molar-refractivity contribution in [2.24, 2.45) is 9.98 Å². The van der Waals surface area contributed by atoms with Crippen LogP contribution in [-0.4, -0.2) is 23.2 Å². The first-order chi connectivity index (χ1) is 11.2. The van der Waals surface area contributed by atoms with Gasteiger partial charge in [-0.25, -0.2) is 9.98 Å². The standard InChI is InChI=1S/C13H22N2.C6H5ClO/c1-3-7-12(8-4-1)14-11-15-13-9-5-2-6-10-13;7-5-1-3-6(8)4-2-5/h12-13H,1-10H2;1-4,8H. The lowest BCUT2D eigenvalue weighted by molar-refractivity contribution is 0.438. The van der Waals surface area contributed by atoms with Crippen LogP contribution < -0.4 is 0 Å². The Hall–Kier alpha value is -1.31. The Labute approximate surface area is 144 Å². The highest BCUT2D eigenvalue weighted by atomic mass is 35.5. The monoisotopic (exact) mass is 334 g/mol. The lowest BCUT2D eigenvalue weighted by Gasteiger charge is -2.17. The number of phenolic OH excluding ortho intramolecular Hbond substituents is 1. The maximum atomic E-state index is 8.70. The first-order valence-electron chi connectivity index (χ1n) is 8.83. The van der Waals surface area contributed by atoms with Crippen molar-refractivity contribution in [1.82, 2.24) is 0 Å². The van der Waals surface area contributed by atoms with E-state index in [0.29, 0.717) is 17.1 Å². The number of aliphatic imine (C=N–C) groups is 2. The molecule has 0 heterocycles. The number of hydrogen-bond acceptors (Lipinski definition) is 3. The summed E-state index contributed by atoms with van der Waals surface area (Å²) in [5.74, 6) is 0.245. The number of halogens is 1. The molecule has 0 bridgehead atoms. The fraction of sp³-hybridized carbons (Fsp3) is 0.632. The zero-order chi connectivity index (χ0) is 16.3. The molecule has 3 rings (SSSR count). The van der Waals surface area contributed by atoms with E-state index in [0.717, 1.165) is 0 Å². The van der Waals surface area contributed by atoms with Crippen molar-refractivity contribution >= 4 is 17.6 Å². The average molecular weight is 335 g/mol. The molecule has 0 aromatic heterocycles. The van der Waals surface area contributed by atoms with Crippen LogP contribution in [0, 0.1) is 0 Å². The third kappa shape index (κ3) is 7.67. The van der Waals surface area contributed by atoms with Crippen LogP contribution in [0.5, 0.6) is 5.75 Å². The summed E-state index contributed by atoms with van der Waals surface area (Å²) in [6.45, 7) is 0. The van der Waals surface area contributed by atoms with Crippen molar-refractivity contribution < 1.29 is 5.11 Å². The molecule has 1 aromatic carbocycles. The van der Waals surface area contributed by atoms with E-state index in [1.807, 2.05) is 0 Å². The SMILES string of the molecule is C(=NC1CCCCC1)=NC1CCCCC1.Oc1ccc(Cl)cc1. The Morgan fingerprint density at radius 2 is 1.22 bits per heavy atom. The van der Waals surface area contributed by atoms with Crippen LogP contribution in [0.25, 0.3) is 0 Å². The Bertz CT molecular complexity index is 454. The molecule has 0 saturated heterocycles. The van der Waals surface area contributed by atoms with Crippen molar-refractivity contribution in [3.8, 4) is 5.75 Å². The molecule has 1 N–H and O–H groups in total. The van der Waals surface area contributed by atoms with Crippen molar-refractivity contribution in [2.75, 3.05) is 0 Å². The Morgan fingerprint density at radius 1 is 0.783 bits per heavy atom. The molecule has 0 atom stereocenters. The number of aromatic hydroxyl groups is 1. The Kier molecular flexibility index (Phi) is 8.20. The van der Waals surface area contributed by atoms with Crippen LogP contribution in [0.3, 0.4) is 0 Å². The molecule has 126 valence electrons. The van der Waals surface area contributed by atoms with Gasteiger partial charge in [0.05, 0.1) is 18.1 Å². The largest absolute Gasteiger partial charge is 0.508 e. The Morgan fingerprint density at radius 3 is 1.61 bits per heavy atom. The highest BCUT2D eigenvalue weighted by Crippen LogP contribution is 2.21. The summed E-state index contributed by atoms with van der Waals surface area (Å²) in [4.78, 5) is 8.92. The molecule has 0 amide bonds. The van der Waals surface area contributed by atoms with Gasteiger partial charge in [0.2, 0.25) is 0 Å². The van der Waals surface area contributed by atoms with E-state index in [9.17, 15) is 0 Å². The topological polar surface area (TPSA) is 45.0 Å². The molecule has 2 saturated carbocycles. The predicted octanol–water partition coefficient (Wildman–Crippen LogP) is 5.87. The number of phenols is 1. The minimum absolute atomic E-state index is 0.245. The third-order valence-electron chi connectivity index (χ3n) is 4.46. The molecular weight excluding hydrogens is 308 g/mol. The molecule has 3 nitrogen and oxygen atoms in total. The molecule has 2 fully saturated rings. The first-order valence-corrected chi connectivity index (χ1v) is 9.21. The lowest BCUT2D eigenvalue weighted by atomic mass is 9.96. The zero-order valence-electron chi connectivity index (χ0n) is 13.8. The van der Waals surface area contributed by atoms with Crippen LogP contribution >= 0.6 is 11.6 Å². The molecule has 1 aromatic rings. The molecule has 0 spiro atoms. The van der Waals surface area contributed by atoms with Gasteiger partial charge in [-0.05, 0) is 49.9 Å². The van der Waals surface area contributed by atoms with E-state index in [1.165, 1.54) is 64.2 Å². The fourth-order valence-electron chi connectivity index (χ4n) is 3.06. The van der Waals surface area contributed by atoms with Crippen LogP contribution in [0.4, 0.5) is 0 Å². The molecule has 0 radical (unpaired) electrons. The van der Waals surface area contributed by atoms with E-state index in [4.69, 9.17) is 16.7 Å². The second-order valence-corrected chi connectivity index (χ2v) is 6.85. The summed E-state index contributed by atoms with van der Waals surface area (Å²) >= 11 is 5.50. The zero-order valence-corrected chi connectivity index (χ0v) is 14.5. The second kappa shape index (κ2) is 10.5. The van der Waals surface area contributed by atoms with Crippen LogP contribution in [-0.2, 0) is 0 Å². The van der Waals surface area contributed by atoms with Crippen LogP contribution in [0.2, 0.25) is 5.02 Å². The van der Waals surface area contributed by atoms with Gasteiger partial charge in [0.25, 0.3) is 0 Å². The maximum Gasteiger partial charge on any atom is 0.115 e. The Balaban J connectivity index is 0.000000203. The summed E-state index contributed by atoms with van der Waals surface area (Å²) in [6.07, 6.45) is 13.2. The third-order valence-corrected chi connectivity index (χ3v) is 4.71. The van der Waals surface area contributed by atoms with E-state index in [-0.39, 0.29) is 5.75 Å². The van der Waals surface area contributed by atoms with Gasteiger partial charge in [-0.2, -0.15) is 0 Å². The van der Waals surface area contributed by atoms with Gasteiger partial charge in [0.1, 0.15) is 5.75 Å². The molecule has 2 aliphatic rings. The number of rotatable bonds is 2. The maximum absolute atomic E-state index is 8.70. The van der Waals surface area contributed by atoms with E-state index < -0.39 is 0 Å². The average Bonchev–Trinajstić information content (AvgIpc) is 2.60. The summed E-state index contributed by atoms with van der Waals surface area (Å²) in [5, 5.41) is 9.34. The van der Waals surface area contributed by atoms with Crippen molar-refractivity contribution in [2.45, 2.75) is 76.3 Å². The smallest absolute Gasteiger partial charge is 0.115 e. The van der Waals surface area contributed by atoms with Crippen molar-refractivity contribution in [3.05, 3.63) is 29.3 Å². The molecule has 23 heavy (non-hydrogen) atoms. The number of benzene rings is 1. The summed E-state index contributed by atoms with van der Waals surface area (Å²) in [5.41, 5.74) is 0. The molecular formula is C19H27ClN2O. The minimum Gasteiger partial charge on any atom is -0.508 e. The summed E-state index contributed by atoms with van der Waals surface area (Å²) in [7, 11) is 0. The van der Waals surface area contributed by atoms with Crippen LogP contribution in [0.15, 0.2) is 34.3 Å². The van der Waals surface area contributed by atoms with Gasteiger partial charge in [0, 0.05) is 5.02 Å². The van der Waals surface area contributed by atoms with E-state index in [1.54, 1.807) is 24.3 Å². The van der Waals surface area contributed by atoms with E-state index in [2.05, 4.69) is 16.0 Å². The van der Waals surface area contributed by atoms with Gasteiger partial charge < -0.3 is 5.11 Å². The molecule has 4 heteroatoms. The summed E-state index contributed by atoms with van der Waals surface area (Å²) in [6, 6.07) is 10.4. The fourth-order valence-corrected chi connectivity index (χ4v) is 3.18. The van der Waals surface area contributed by atoms with Crippen molar-refractivity contribution in [1.29, 1.82) is 0 Å².